The van der Waals surface area contributed by atoms with Crippen LogP contribution in [-0.2, 0) is 10.5 Å². The van der Waals surface area contributed by atoms with E-state index in [2.05, 4.69) is 31.2 Å². The zero-order valence-electron chi connectivity index (χ0n) is 9.06. The smallest absolute Gasteiger partial charge is 0.304 e. The lowest BCUT2D eigenvalue weighted by Gasteiger charge is -2.08. The summed E-state index contributed by atoms with van der Waals surface area (Å²) >= 11 is 1.68. The standard InChI is InChI=1S/C12H16O2S/c1-9-3-5-11(6-4-9)8-15-10(2)7-12(13)14/h3-6,10H,7-8H2,1-2H3,(H,13,14). The molecular weight excluding hydrogens is 208 g/mol. The Hall–Kier alpha value is -0.960. The van der Waals surface area contributed by atoms with Crippen LogP contribution in [0.1, 0.15) is 24.5 Å². The maximum Gasteiger partial charge on any atom is 0.304 e. The average Bonchev–Trinajstić information content (AvgIpc) is 2.16. The molecule has 1 atom stereocenters. The average molecular weight is 224 g/mol. The quantitative estimate of drug-likeness (QED) is 0.835. The van der Waals surface area contributed by atoms with Crippen LogP contribution < -0.4 is 0 Å². The fourth-order valence-corrected chi connectivity index (χ4v) is 2.16. The Bertz CT molecular complexity index is 319. The third-order valence-corrected chi connectivity index (χ3v) is 3.35. The monoisotopic (exact) mass is 224 g/mol. The van der Waals surface area contributed by atoms with Crippen LogP contribution in [0.15, 0.2) is 24.3 Å². The molecule has 0 saturated heterocycles. The summed E-state index contributed by atoms with van der Waals surface area (Å²) in [5.41, 5.74) is 2.50. The van der Waals surface area contributed by atoms with Crippen LogP contribution in [-0.4, -0.2) is 16.3 Å². The van der Waals surface area contributed by atoms with E-state index in [0.29, 0.717) is 0 Å². The lowest BCUT2D eigenvalue weighted by molar-refractivity contribution is -0.136. The molecule has 0 amide bonds. The molecule has 0 bridgehead atoms. The van der Waals surface area contributed by atoms with Gasteiger partial charge < -0.3 is 5.11 Å². The molecule has 0 heterocycles. The molecule has 82 valence electrons. The first kappa shape index (κ1) is 12.1. The van der Waals surface area contributed by atoms with E-state index in [9.17, 15) is 4.79 Å². The summed E-state index contributed by atoms with van der Waals surface area (Å²) < 4.78 is 0. The van der Waals surface area contributed by atoms with Crippen molar-refractivity contribution in [1.29, 1.82) is 0 Å². The SMILES string of the molecule is Cc1ccc(CSC(C)CC(=O)O)cc1. The summed E-state index contributed by atoms with van der Waals surface area (Å²) in [6.45, 7) is 4.01. The minimum absolute atomic E-state index is 0.170. The summed E-state index contributed by atoms with van der Waals surface area (Å²) in [5, 5.41) is 8.77. The van der Waals surface area contributed by atoms with Gasteiger partial charge in [-0.2, -0.15) is 11.8 Å². The Morgan fingerprint density at radius 2 is 2.00 bits per heavy atom. The molecule has 1 aromatic rings. The van der Waals surface area contributed by atoms with Gasteiger partial charge in [0.1, 0.15) is 0 Å². The van der Waals surface area contributed by atoms with Crippen molar-refractivity contribution >= 4 is 17.7 Å². The van der Waals surface area contributed by atoms with Gasteiger partial charge in [-0.05, 0) is 12.5 Å². The van der Waals surface area contributed by atoms with E-state index in [4.69, 9.17) is 5.11 Å². The number of hydrogen-bond donors (Lipinski definition) is 1. The molecule has 0 saturated carbocycles. The number of carbonyl (C=O) groups is 1. The summed E-state index contributed by atoms with van der Waals surface area (Å²) in [7, 11) is 0. The number of aryl methyl sites for hydroxylation is 1. The van der Waals surface area contributed by atoms with Crippen molar-refractivity contribution in [1.82, 2.24) is 0 Å². The number of rotatable bonds is 5. The zero-order valence-corrected chi connectivity index (χ0v) is 9.88. The lowest BCUT2D eigenvalue weighted by atomic mass is 10.2. The highest BCUT2D eigenvalue weighted by molar-refractivity contribution is 7.99. The first-order chi connectivity index (χ1) is 7.08. The van der Waals surface area contributed by atoms with Crippen molar-refractivity contribution in [3.63, 3.8) is 0 Å². The fourth-order valence-electron chi connectivity index (χ4n) is 1.23. The first-order valence-corrected chi connectivity index (χ1v) is 6.01. The van der Waals surface area contributed by atoms with Gasteiger partial charge in [0.25, 0.3) is 0 Å². The molecule has 1 N–H and O–H groups in total. The minimum Gasteiger partial charge on any atom is -0.481 e. The third-order valence-electron chi connectivity index (χ3n) is 2.12. The highest BCUT2D eigenvalue weighted by atomic mass is 32.2. The zero-order chi connectivity index (χ0) is 11.3. The van der Waals surface area contributed by atoms with Crippen LogP contribution in [0.4, 0.5) is 0 Å². The molecule has 0 aromatic heterocycles. The van der Waals surface area contributed by atoms with Crippen LogP contribution in [0.3, 0.4) is 0 Å². The molecule has 1 aromatic carbocycles. The topological polar surface area (TPSA) is 37.3 Å². The van der Waals surface area contributed by atoms with Crippen molar-refractivity contribution < 1.29 is 9.90 Å². The number of aliphatic carboxylic acids is 1. The lowest BCUT2D eigenvalue weighted by Crippen LogP contribution is -2.05. The predicted octanol–water partition coefficient (Wildman–Crippen LogP) is 3.09. The van der Waals surface area contributed by atoms with E-state index < -0.39 is 5.97 Å². The molecular formula is C12H16O2S. The number of carboxylic acids is 1. The number of hydrogen-bond acceptors (Lipinski definition) is 2. The van der Waals surface area contributed by atoms with E-state index in [1.807, 2.05) is 6.92 Å². The van der Waals surface area contributed by atoms with Crippen molar-refractivity contribution in [3.8, 4) is 0 Å². The largest absolute Gasteiger partial charge is 0.481 e. The van der Waals surface area contributed by atoms with Gasteiger partial charge in [-0.3, -0.25) is 4.79 Å². The van der Waals surface area contributed by atoms with E-state index in [1.165, 1.54) is 11.1 Å². The van der Waals surface area contributed by atoms with Crippen LogP contribution >= 0.6 is 11.8 Å². The Balaban J connectivity index is 2.36. The van der Waals surface area contributed by atoms with Crippen molar-refractivity contribution in [3.05, 3.63) is 35.4 Å². The number of benzene rings is 1. The Labute approximate surface area is 94.7 Å². The van der Waals surface area contributed by atoms with E-state index in [0.717, 1.165) is 5.75 Å². The molecule has 0 fully saturated rings. The highest BCUT2D eigenvalue weighted by Crippen LogP contribution is 2.20. The van der Waals surface area contributed by atoms with Gasteiger partial charge >= 0.3 is 5.97 Å². The maximum absolute atomic E-state index is 10.5. The molecule has 3 heteroatoms. The molecule has 2 nitrogen and oxygen atoms in total. The maximum atomic E-state index is 10.5. The summed E-state index contributed by atoms with van der Waals surface area (Å²) in [6, 6.07) is 8.35. The Morgan fingerprint density at radius 3 is 2.53 bits per heavy atom. The summed E-state index contributed by atoms with van der Waals surface area (Å²) in [5.74, 6) is 0.160. The van der Waals surface area contributed by atoms with Crippen LogP contribution in [0.25, 0.3) is 0 Å². The van der Waals surface area contributed by atoms with Gasteiger partial charge in [-0.1, -0.05) is 36.8 Å². The molecule has 0 spiro atoms. The van der Waals surface area contributed by atoms with Gasteiger partial charge in [0.05, 0.1) is 6.42 Å². The van der Waals surface area contributed by atoms with E-state index in [-0.39, 0.29) is 11.7 Å². The van der Waals surface area contributed by atoms with Gasteiger partial charge in [0.15, 0.2) is 0 Å². The molecule has 1 unspecified atom stereocenters. The summed E-state index contributed by atoms with van der Waals surface area (Å²) in [4.78, 5) is 10.5. The van der Waals surface area contributed by atoms with Crippen LogP contribution in [0, 0.1) is 6.92 Å². The molecule has 0 aliphatic heterocycles. The van der Waals surface area contributed by atoms with E-state index in [1.54, 1.807) is 11.8 Å². The van der Waals surface area contributed by atoms with E-state index >= 15 is 0 Å². The second-order valence-electron chi connectivity index (χ2n) is 3.71. The van der Waals surface area contributed by atoms with Gasteiger partial charge in [-0.15, -0.1) is 0 Å². The van der Waals surface area contributed by atoms with Gasteiger partial charge in [0, 0.05) is 11.0 Å². The summed E-state index contributed by atoms with van der Waals surface area (Å²) in [6.07, 6.45) is 0.233. The molecule has 0 radical (unpaired) electrons. The van der Waals surface area contributed by atoms with Crippen molar-refractivity contribution in [2.24, 2.45) is 0 Å². The Kier molecular flexibility index (Phi) is 4.69. The second-order valence-corrected chi connectivity index (χ2v) is 5.13. The number of thioether (sulfide) groups is 1. The normalized spacial score (nSPS) is 12.4. The van der Waals surface area contributed by atoms with Crippen LogP contribution in [0.2, 0.25) is 0 Å². The Morgan fingerprint density at radius 1 is 1.40 bits per heavy atom. The molecule has 1 rings (SSSR count). The van der Waals surface area contributed by atoms with Gasteiger partial charge in [0.2, 0.25) is 0 Å². The highest BCUT2D eigenvalue weighted by Gasteiger charge is 2.07. The second kappa shape index (κ2) is 5.81. The predicted molar refractivity (Wildman–Crippen MR) is 64.2 cm³/mol. The van der Waals surface area contributed by atoms with Crippen LogP contribution in [0.5, 0.6) is 0 Å². The van der Waals surface area contributed by atoms with Gasteiger partial charge in [-0.25, -0.2) is 0 Å². The fraction of sp³-hybridized carbons (Fsp3) is 0.417. The van der Waals surface area contributed by atoms with Crippen molar-refractivity contribution in [2.45, 2.75) is 31.3 Å². The number of carboxylic acid groups (broad SMARTS) is 1. The van der Waals surface area contributed by atoms with Crippen molar-refractivity contribution in [2.75, 3.05) is 0 Å². The molecule has 15 heavy (non-hydrogen) atoms. The molecule has 0 aliphatic rings. The minimum atomic E-state index is -0.723. The molecule has 0 aliphatic carbocycles. The third kappa shape index (κ3) is 4.88. The first-order valence-electron chi connectivity index (χ1n) is 4.97.